The van der Waals surface area contributed by atoms with Crippen LogP contribution in [0.15, 0.2) is 54.6 Å². The SMILES string of the molecule is Cc1nc2ccccc2n1C1C[C@H]2CC[C@@H](C1)N2CCC1(c2ccccc2)CCN(C(=O)C(C)(C)C)CO1. The number of imidazole rings is 1. The number of para-hydroxylation sites is 2. The molecule has 1 amide bonds. The first-order valence-corrected chi connectivity index (χ1v) is 14.4. The number of ether oxygens (including phenoxy) is 1. The van der Waals surface area contributed by atoms with Crippen LogP contribution in [-0.4, -0.2) is 57.2 Å². The van der Waals surface area contributed by atoms with Crippen molar-refractivity contribution in [3.63, 3.8) is 0 Å². The third-order valence-electron chi connectivity index (χ3n) is 9.28. The number of hydrogen-bond acceptors (Lipinski definition) is 4. The van der Waals surface area contributed by atoms with Gasteiger partial charge in [-0.2, -0.15) is 0 Å². The fraction of sp³-hybridized carbons (Fsp3) is 0.562. The minimum absolute atomic E-state index is 0.168. The van der Waals surface area contributed by atoms with Gasteiger partial charge in [-0.25, -0.2) is 4.98 Å². The van der Waals surface area contributed by atoms with Crippen LogP contribution in [-0.2, 0) is 15.1 Å². The minimum atomic E-state index is -0.390. The number of nitrogens with zero attached hydrogens (tertiary/aromatic N) is 4. The second-order valence-electron chi connectivity index (χ2n) is 12.7. The average molecular weight is 515 g/mol. The van der Waals surface area contributed by atoms with Crippen LogP contribution in [0, 0.1) is 12.3 Å². The zero-order chi connectivity index (χ0) is 26.5. The molecule has 0 spiro atoms. The predicted octanol–water partition coefficient (Wildman–Crippen LogP) is 6.05. The first-order valence-electron chi connectivity index (χ1n) is 14.4. The van der Waals surface area contributed by atoms with E-state index in [0.717, 1.165) is 37.3 Å². The lowest BCUT2D eigenvalue weighted by Gasteiger charge is -2.46. The highest BCUT2D eigenvalue weighted by Crippen LogP contribution is 2.44. The van der Waals surface area contributed by atoms with Gasteiger partial charge in [0.2, 0.25) is 5.91 Å². The number of benzene rings is 2. The molecule has 0 N–H and O–H groups in total. The number of aryl methyl sites for hydroxylation is 1. The summed E-state index contributed by atoms with van der Waals surface area (Å²) in [4.78, 5) is 22.5. The van der Waals surface area contributed by atoms with Crippen LogP contribution in [0.5, 0.6) is 0 Å². The molecule has 6 heteroatoms. The van der Waals surface area contributed by atoms with E-state index in [1.54, 1.807) is 0 Å². The lowest BCUT2D eigenvalue weighted by atomic mass is 9.84. The van der Waals surface area contributed by atoms with Gasteiger partial charge in [0, 0.05) is 36.6 Å². The Balaban J connectivity index is 1.17. The summed E-state index contributed by atoms with van der Waals surface area (Å²) in [5.41, 5.74) is 2.89. The molecule has 6 rings (SSSR count). The van der Waals surface area contributed by atoms with Gasteiger partial charge in [0.05, 0.1) is 16.6 Å². The smallest absolute Gasteiger partial charge is 0.229 e. The molecule has 2 aromatic carbocycles. The van der Waals surface area contributed by atoms with Gasteiger partial charge in [-0.15, -0.1) is 0 Å². The summed E-state index contributed by atoms with van der Waals surface area (Å²) in [7, 11) is 0. The van der Waals surface area contributed by atoms with E-state index in [0.29, 0.717) is 24.9 Å². The van der Waals surface area contributed by atoms with Gasteiger partial charge in [-0.3, -0.25) is 9.69 Å². The van der Waals surface area contributed by atoms with E-state index >= 15 is 0 Å². The maximum atomic E-state index is 12.9. The van der Waals surface area contributed by atoms with Crippen LogP contribution in [0.1, 0.15) is 76.7 Å². The normalized spacial score (nSPS) is 28.2. The summed E-state index contributed by atoms with van der Waals surface area (Å²) in [6.45, 7) is 10.3. The number of piperidine rings is 1. The number of carbonyl (C=O) groups is 1. The third kappa shape index (κ3) is 4.56. The minimum Gasteiger partial charge on any atom is -0.350 e. The summed E-state index contributed by atoms with van der Waals surface area (Å²) < 4.78 is 9.18. The number of hydrogen-bond donors (Lipinski definition) is 0. The quantitative estimate of drug-likeness (QED) is 0.416. The second kappa shape index (κ2) is 9.80. The van der Waals surface area contributed by atoms with Crippen LogP contribution in [0.25, 0.3) is 11.0 Å². The van der Waals surface area contributed by atoms with E-state index in [1.165, 1.54) is 36.8 Å². The molecule has 6 nitrogen and oxygen atoms in total. The van der Waals surface area contributed by atoms with E-state index in [1.807, 2.05) is 25.7 Å². The van der Waals surface area contributed by atoms with Gasteiger partial charge in [-0.1, -0.05) is 63.2 Å². The van der Waals surface area contributed by atoms with Crippen molar-refractivity contribution in [2.45, 2.75) is 89.9 Å². The van der Waals surface area contributed by atoms with E-state index in [-0.39, 0.29) is 11.5 Å². The average Bonchev–Trinajstić information content (AvgIpc) is 3.38. The molecule has 202 valence electrons. The molecule has 2 bridgehead atoms. The summed E-state index contributed by atoms with van der Waals surface area (Å²) in [5, 5.41) is 0. The summed E-state index contributed by atoms with van der Waals surface area (Å²) in [6, 6.07) is 21.0. The molecular weight excluding hydrogens is 472 g/mol. The number of rotatable bonds is 5. The summed E-state index contributed by atoms with van der Waals surface area (Å²) in [5.74, 6) is 1.30. The molecule has 1 aromatic heterocycles. The Morgan fingerprint density at radius 3 is 2.34 bits per heavy atom. The molecule has 3 fully saturated rings. The third-order valence-corrected chi connectivity index (χ3v) is 9.28. The fourth-order valence-electron chi connectivity index (χ4n) is 7.36. The van der Waals surface area contributed by atoms with Crippen molar-refractivity contribution in [3.05, 3.63) is 66.0 Å². The van der Waals surface area contributed by atoms with Crippen molar-refractivity contribution in [1.29, 1.82) is 0 Å². The molecule has 0 radical (unpaired) electrons. The number of amides is 1. The van der Waals surface area contributed by atoms with E-state index in [4.69, 9.17) is 9.72 Å². The Kier molecular flexibility index (Phi) is 6.59. The molecule has 4 atom stereocenters. The first kappa shape index (κ1) is 25.6. The molecule has 0 aliphatic carbocycles. The zero-order valence-corrected chi connectivity index (χ0v) is 23.4. The molecule has 3 saturated heterocycles. The molecule has 3 aliphatic heterocycles. The van der Waals surface area contributed by atoms with Gasteiger partial charge < -0.3 is 14.2 Å². The zero-order valence-electron chi connectivity index (χ0n) is 23.4. The Bertz CT molecular complexity index is 1270. The van der Waals surface area contributed by atoms with Gasteiger partial charge in [0.1, 0.15) is 12.6 Å². The highest BCUT2D eigenvalue weighted by molar-refractivity contribution is 5.81. The number of aromatic nitrogens is 2. The lowest BCUT2D eigenvalue weighted by Crippen LogP contribution is -2.52. The fourth-order valence-corrected chi connectivity index (χ4v) is 7.36. The number of carbonyl (C=O) groups excluding carboxylic acids is 1. The molecule has 3 aromatic rings. The molecule has 0 saturated carbocycles. The van der Waals surface area contributed by atoms with E-state index < -0.39 is 5.41 Å². The van der Waals surface area contributed by atoms with Crippen LogP contribution >= 0.6 is 0 Å². The molecular formula is C32H42N4O2. The van der Waals surface area contributed by atoms with Crippen molar-refractivity contribution >= 4 is 16.9 Å². The number of fused-ring (bicyclic) bond motifs is 3. The molecule has 38 heavy (non-hydrogen) atoms. The van der Waals surface area contributed by atoms with Crippen LogP contribution < -0.4 is 0 Å². The van der Waals surface area contributed by atoms with Gasteiger partial charge in [0.15, 0.2) is 0 Å². The topological polar surface area (TPSA) is 50.6 Å². The van der Waals surface area contributed by atoms with Crippen molar-refractivity contribution in [3.8, 4) is 0 Å². The van der Waals surface area contributed by atoms with E-state index in [2.05, 4.69) is 71.0 Å². The standard InChI is InChI=1S/C32H42N4O2/c1-23-33-28-12-8-9-13-29(28)36(23)27-20-25-14-15-26(21-27)35(25)19-17-32(24-10-6-5-7-11-24)16-18-34(22-38-32)30(37)31(2,3)4/h5-13,25-27H,14-22H2,1-4H3/t25-,26+,27?,32?. The van der Waals surface area contributed by atoms with Gasteiger partial charge >= 0.3 is 0 Å². The van der Waals surface area contributed by atoms with Crippen molar-refractivity contribution < 1.29 is 9.53 Å². The van der Waals surface area contributed by atoms with Crippen molar-refractivity contribution in [1.82, 2.24) is 19.4 Å². The largest absolute Gasteiger partial charge is 0.350 e. The summed E-state index contributed by atoms with van der Waals surface area (Å²) in [6.07, 6.45) is 6.72. The van der Waals surface area contributed by atoms with Crippen molar-refractivity contribution in [2.24, 2.45) is 5.41 Å². The van der Waals surface area contributed by atoms with Crippen molar-refractivity contribution in [2.75, 3.05) is 19.8 Å². The van der Waals surface area contributed by atoms with Gasteiger partial charge in [-0.05, 0) is 63.1 Å². The van der Waals surface area contributed by atoms with Crippen LogP contribution in [0.2, 0.25) is 0 Å². The molecule has 4 heterocycles. The predicted molar refractivity (Wildman–Crippen MR) is 151 cm³/mol. The summed E-state index contributed by atoms with van der Waals surface area (Å²) >= 11 is 0. The first-order chi connectivity index (χ1) is 18.2. The maximum absolute atomic E-state index is 12.9. The maximum Gasteiger partial charge on any atom is 0.229 e. The Morgan fingerprint density at radius 1 is 1.00 bits per heavy atom. The highest BCUT2D eigenvalue weighted by Gasteiger charge is 2.45. The van der Waals surface area contributed by atoms with Gasteiger partial charge in [0.25, 0.3) is 0 Å². The van der Waals surface area contributed by atoms with Crippen LogP contribution in [0.4, 0.5) is 0 Å². The highest BCUT2D eigenvalue weighted by atomic mass is 16.5. The van der Waals surface area contributed by atoms with E-state index in [9.17, 15) is 4.79 Å². The second-order valence-corrected chi connectivity index (χ2v) is 12.7. The molecule has 3 aliphatic rings. The van der Waals surface area contributed by atoms with Crippen LogP contribution in [0.3, 0.4) is 0 Å². The Labute approximate surface area is 227 Å². The monoisotopic (exact) mass is 514 g/mol. The Morgan fingerprint density at radius 2 is 1.68 bits per heavy atom. The Hall–Kier alpha value is -2.70. The molecule has 2 unspecified atom stereocenters. The lowest BCUT2D eigenvalue weighted by molar-refractivity contribution is -0.176.